The molecule has 5 rings (SSSR count). The van der Waals surface area contributed by atoms with Gasteiger partial charge in [0.15, 0.2) is 0 Å². The lowest BCUT2D eigenvalue weighted by molar-refractivity contribution is 0.0956. The average molecular weight is 383 g/mol. The van der Waals surface area contributed by atoms with Crippen molar-refractivity contribution in [1.82, 2.24) is 14.9 Å². The van der Waals surface area contributed by atoms with Gasteiger partial charge < -0.3 is 15.0 Å². The number of rotatable bonds is 4. The van der Waals surface area contributed by atoms with Crippen molar-refractivity contribution in [3.8, 4) is 11.4 Å². The summed E-state index contributed by atoms with van der Waals surface area (Å²) in [4.78, 5) is 17.1. The third-order valence-corrected chi connectivity index (χ3v) is 5.46. The van der Waals surface area contributed by atoms with Crippen LogP contribution < -0.4 is 5.32 Å². The van der Waals surface area contributed by atoms with Crippen LogP contribution in [0.4, 0.5) is 0 Å². The summed E-state index contributed by atoms with van der Waals surface area (Å²) in [5.41, 5.74) is 5.32. The minimum absolute atomic E-state index is 0.0554. The lowest BCUT2D eigenvalue weighted by Crippen LogP contribution is -2.24. The quantitative estimate of drug-likeness (QED) is 0.564. The van der Waals surface area contributed by atoms with Crippen LogP contribution in [-0.2, 0) is 13.0 Å². The fraction of sp³-hybridized carbons (Fsp3) is 0.167. The van der Waals surface area contributed by atoms with Gasteiger partial charge in [0.1, 0.15) is 5.82 Å². The molecule has 2 heterocycles. The Labute approximate surface area is 168 Å². The smallest absolute Gasteiger partial charge is 0.253 e. The van der Waals surface area contributed by atoms with Crippen molar-refractivity contribution in [3.63, 3.8) is 0 Å². The lowest BCUT2D eigenvalue weighted by Gasteiger charge is -2.12. The molecule has 1 aliphatic heterocycles. The van der Waals surface area contributed by atoms with E-state index >= 15 is 0 Å². The van der Waals surface area contributed by atoms with Crippen LogP contribution in [0, 0.1) is 0 Å². The molecule has 1 aliphatic rings. The molecule has 0 spiro atoms. The molecule has 0 radical (unpaired) electrons. The van der Waals surface area contributed by atoms with E-state index in [9.17, 15) is 9.90 Å². The first-order valence-corrected chi connectivity index (χ1v) is 9.80. The molecule has 5 heteroatoms. The Morgan fingerprint density at radius 2 is 1.79 bits per heavy atom. The van der Waals surface area contributed by atoms with Gasteiger partial charge in [0.25, 0.3) is 5.91 Å². The van der Waals surface area contributed by atoms with Crippen molar-refractivity contribution in [3.05, 3.63) is 89.5 Å². The second kappa shape index (κ2) is 7.18. The van der Waals surface area contributed by atoms with Gasteiger partial charge in [-0.2, -0.15) is 0 Å². The Kier molecular flexibility index (Phi) is 4.37. The van der Waals surface area contributed by atoms with E-state index in [1.807, 2.05) is 72.8 Å². The fourth-order valence-corrected chi connectivity index (χ4v) is 3.99. The number of carbonyl (C=O) groups excluding carboxylic acids is 1. The van der Waals surface area contributed by atoms with Crippen molar-refractivity contribution < 1.29 is 9.90 Å². The summed E-state index contributed by atoms with van der Waals surface area (Å²) in [5.74, 6) is 0.785. The molecular weight excluding hydrogens is 362 g/mol. The number of carbonyl (C=O) groups is 1. The zero-order chi connectivity index (χ0) is 19.8. The molecule has 0 aliphatic carbocycles. The first kappa shape index (κ1) is 17.6. The van der Waals surface area contributed by atoms with E-state index in [0.29, 0.717) is 25.1 Å². The average Bonchev–Trinajstić information content (AvgIpc) is 3.04. The number of imidazole rings is 1. The predicted molar refractivity (Wildman–Crippen MR) is 113 cm³/mol. The molecule has 29 heavy (non-hydrogen) atoms. The van der Waals surface area contributed by atoms with Crippen LogP contribution in [0.1, 0.15) is 27.6 Å². The van der Waals surface area contributed by atoms with E-state index in [1.54, 1.807) is 0 Å². The first-order chi connectivity index (χ1) is 14.2. The Hall–Kier alpha value is -3.44. The standard InChI is InChI=1S/C24H21N3O2/c28-21(15-16-5-2-1-3-6-16)17-9-11-18(12-10-17)23-26-20-8-4-7-19-22(20)27(23)14-13-25-24(19)29/h1-12,21,28H,13-15H2,(H,25,29). The molecule has 4 aromatic rings. The highest BCUT2D eigenvalue weighted by atomic mass is 16.3. The van der Waals surface area contributed by atoms with Gasteiger partial charge in [0.05, 0.1) is 22.7 Å². The van der Waals surface area contributed by atoms with Gasteiger partial charge in [-0.15, -0.1) is 0 Å². The SMILES string of the molecule is O=C1NCCn2c(-c3ccc(C(O)Cc4ccccc4)cc3)nc3cccc1c32. The summed E-state index contributed by atoms with van der Waals surface area (Å²) in [6, 6.07) is 23.5. The Morgan fingerprint density at radius 1 is 1.00 bits per heavy atom. The second-order valence-electron chi connectivity index (χ2n) is 7.34. The molecule has 1 amide bonds. The van der Waals surface area contributed by atoms with Crippen molar-refractivity contribution in [2.24, 2.45) is 0 Å². The minimum Gasteiger partial charge on any atom is -0.388 e. The van der Waals surface area contributed by atoms with E-state index in [0.717, 1.165) is 33.5 Å². The van der Waals surface area contributed by atoms with E-state index in [4.69, 9.17) is 4.98 Å². The van der Waals surface area contributed by atoms with Gasteiger partial charge in [0.2, 0.25) is 0 Å². The monoisotopic (exact) mass is 383 g/mol. The topological polar surface area (TPSA) is 67.2 Å². The van der Waals surface area contributed by atoms with Gasteiger partial charge in [-0.05, 0) is 23.3 Å². The third-order valence-electron chi connectivity index (χ3n) is 5.46. The van der Waals surface area contributed by atoms with Gasteiger partial charge in [-0.25, -0.2) is 4.98 Å². The molecule has 0 bridgehead atoms. The molecule has 2 N–H and O–H groups in total. The lowest BCUT2D eigenvalue weighted by atomic mass is 10.0. The summed E-state index contributed by atoms with van der Waals surface area (Å²) in [6.07, 6.45) is 0.0244. The van der Waals surface area contributed by atoms with Crippen molar-refractivity contribution >= 4 is 16.9 Å². The van der Waals surface area contributed by atoms with Crippen molar-refractivity contribution in [2.45, 2.75) is 19.1 Å². The molecule has 1 unspecified atom stereocenters. The number of nitrogens with zero attached hydrogens (tertiary/aromatic N) is 2. The van der Waals surface area contributed by atoms with Gasteiger partial charge in [0, 0.05) is 25.1 Å². The molecule has 1 aromatic heterocycles. The van der Waals surface area contributed by atoms with E-state index in [2.05, 4.69) is 9.88 Å². The van der Waals surface area contributed by atoms with E-state index in [-0.39, 0.29) is 5.91 Å². The Balaban J connectivity index is 1.49. The number of benzene rings is 3. The zero-order valence-corrected chi connectivity index (χ0v) is 15.9. The maximum atomic E-state index is 12.3. The molecule has 144 valence electrons. The fourth-order valence-electron chi connectivity index (χ4n) is 3.99. The molecule has 0 fully saturated rings. The maximum Gasteiger partial charge on any atom is 0.253 e. The molecule has 0 saturated heterocycles. The molecule has 0 saturated carbocycles. The van der Waals surface area contributed by atoms with E-state index < -0.39 is 6.10 Å². The Bertz CT molecular complexity index is 1180. The summed E-state index contributed by atoms with van der Waals surface area (Å²) in [5, 5.41) is 13.5. The van der Waals surface area contributed by atoms with Crippen molar-refractivity contribution in [2.75, 3.05) is 6.54 Å². The van der Waals surface area contributed by atoms with Gasteiger partial charge in [-0.3, -0.25) is 4.79 Å². The molecule has 1 atom stereocenters. The van der Waals surface area contributed by atoms with Gasteiger partial charge in [-0.1, -0.05) is 60.7 Å². The number of aliphatic hydroxyl groups excluding tert-OH is 1. The highest BCUT2D eigenvalue weighted by Crippen LogP contribution is 2.29. The molecule has 3 aromatic carbocycles. The van der Waals surface area contributed by atoms with E-state index in [1.165, 1.54) is 0 Å². The summed E-state index contributed by atoms with van der Waals surface area (Å²) >= 11 is 0. The predicted octanol–water partition coefficient (Wildman–Crippen LogP) is 3.72. The van der Waals surface area contributed by atoms with Gasteiger partial charge >= 0.3 is 0 Å². The van der Waals surface area contributed by atoms with Crippen LogP contribution in [0.5, 0.6) is 0 Å². The van der Waals surface area contributed by atoms with Crippen LogP contribution in [-0.4, -0.2) is 27.1 Å². The normalized spacial score (nSPS) is 14.4. The minimum atomic E-state index is -0.555. The summed E-state index contributed by atoms with van der Waals surface area (Å²) in [7, 11) is 0. The van der Waals surface area contributed by atoms with Crippen LogP contribution in [0.25, 0.3) is 22.4 Å². The second-order valence-corrected chi connectivity index (χ2v) is 7.34. The number of hydrogen-bond donors (Lipinski definition) is 2. The van der Waals surface area contributed by atoms with Crippen LogP contribution in [0.2, 0.25) is 0 Å². The largest absolute Gasteiger partial charge is 0.388 e. The number of hydrogen-bond acceptors (Lipinski definition) is 3. The number of aromatic nitrogens is 2. The summed E-state index contributed by atoms with van der Waals surface area (Å²) in [6.45, 7) is 1.24. The number of amides is 1. The summed E-state index contributed by atoms with van der Waals surface area (Å²) < 4.78 is 2.11. The van der Waals surface area contributed by atoms with Crippen molar-refractivity contribution in [1.29, 1.82) is 0 Å². The van der Waals surface area contributed by atoms with Crippen LogP contribution in [0.15, 0.2) is 72.8 Å². The maximum absolute atomic E-state index is 12.3. The number of para-hydroxylation sites is 1. The molecular formula is C24H21N3O2. The molecule has 5 nitrogen and oxygen atoms in total. The van der Waals surface area contributed by atoms with Crippen LogP contribution in [0.3, 0.4) is 0 Å². The zero-order valence-electron chi connectivity index (χ0n) is 15.9. The first-order valence-electron chi connectivity index (χ1n) is 9.80. The van der Waals surface area contributed by atoms with Crippen LogP contribution >= 0.6 is 0 Å². The number of aliphatic hydroxyl groups is 1. The Morgan fingerprint density at radius 3 is 2.59 bits per heavy atom. The third kappa shape index (κ3) is 3.19. The number of nitrogens with one attached hydrogen (secondary N) is 1. The highest BCUT2D eigenvalue weighted by Gasteiger charge is 2.21. The highest BCUT2D eigenvalue weighted by molar-refractivity contribution is 6.06.